The van der Waals surface area contributed by atoms with E-state index in [1.807, 2.05) is 0 Å². The van der Waals surface area contributed by atoms with Crippen LogP contribution in [0.2, 0.25) is 0 Å². The summed E-state index contributed by atoms with van der Waals surface area (Å²) in [7, 11) is 0. The summed E-state index contributed by atoms with van der Waals surface area (Å²) >= 11 is 0. The van der Waals surface area contributed by atoms with E-state index in [0.29, 0.717) is 18.3 Å². The van der Waals surface area contributed by atoms with Crippen LogP contribution in [0.5, 0.6) is 0 Å². The Morgan fingerprint density at radius 2 is 2.22 bits per heavy atom. The summed E-state index contributed by atoms with van der Waals surface area (Å²) in [6, 6.07) is 3.87. The molecule has 1 atom stereocenters. The lowest BCUT2D eigenvalue weighted by molar-refractivity contribution is -0.122. The fourth-order valence-corrected chi connectivity index (χ4v) is 2.44. The average molecular weight is 252 g/mol. The van der Waals surface area contributed by atoms with Crippen molar-refractivity contribution in [3.8, 4) is 0 Å². The molecular formula is C13H20N2O3. The molecule has 5 heteroatoms. The molecule has 18 heavy (non-hydrogen) atoms. The summed E-state index contributed by atoms with van der Waals surface area (Å²) in [5.41, 5.74) is 5.29. The average Bonchev–Trinajstić information content (AvgIpc) is 2.90. The predicted octanol–water partition coefficient (Wildman–Crippen LogP) is 0.947. The first kappa shape index (κ1) is 13.1. The number of nitrogens with one attached hydrogen (secondary N) is 1. The highest BCUT2D eigenvalue weighted by molar-refractivity contribution is 5.76. The molecule has 0 aromatic carbocycles. The Bertz CT molecular complexity index is 370. The van der Waals surface area contributed by atoms with Gasteiger partial charge in [0.2, 0.25) is 5.91 Å². The van der Waals surface area contributed by atoms with Crippen molar-refractivity contribution in [2.75, 3.05) is 6.54 Å². The molecule has 0 bridgehead atoms. The van der Waals surface area contributed by atoms with Crippen LogP contribution in [0, 0.1) is 5.92 Å². The highest BCUT2D eigenvalue weighted by atomic mass is 16.4. The van der Waals surface area contributed by atoms with Gasteiger partial charge in [0.25, 0.3) is 0 Å². The van der Waals surface area contributed by atoms with Crippen molar-refractivity contribution in [2.24, 2.45) is 11.7 Å². The van der Waals surface area contributed by atoms with E-state index in [-0.39, 0.29) is 11.8 Å². The number of amides is 1. The standard InChI is InChI=1S/C13H20N2O3/c14-13(17)9-3-5-10(6-4-9)15-8-11(16)12-2-1-7-18-12/h1-2,7,9-11,15-16H,3-6,8H2,(H2,14,17). The fourth-order valence-electron chi connectivity index (χ4n) is 2.44. The topological polar surface area (TPSA) is 88.5 Å². The molecule has 4 N–H and O–H groups in total. The van der Waals surface area contributed by atoms with E-state index in [9.17, 15) is 9.90 Å². The molecule has 0 saturated heterocycles. The molecule has 1 heterocycles. The van der Waals surface area contributed by atoms with Crippen LogP contribution in [0.4, 0.5) is 0 Å². The van der Waals surface area contributed by atoms with Crippen LogP contribution < -0.4 is 11.1 Å². The minimum absolute atomic E-state index is 0.0260. The number of furan rings is 1. The molecule has 5 nitrogen and oxygen atoms in total. The van der Waals surface area contributed by atoms with Crippen LogP contribution in [-0.4, -0.2) is 23.6 Å². The minimum Gasteiger partial charge on any atom is -0.467 e. The zero-order valence-corrected chi connectivity index (χ0v) is 10.3. The van der Waals surface area contributed by atoms with Crippen molar-refractivity contribution in [1.29, 1.82) is 0 Å². The first-order valence-electron chi connectivity index (χ1n) is 6.41. The molecule has 0 aliphatic heterocycles. The number of carbonyl (C=O) groups excluding carboxylic acids is 1. The van der Waals surface area contributed by atoms with Crippen LogP contribution >= 0.6 is 0 Å². The van der Waals surface area contributed by atoms with Gasteiger partial charge in [-0.15, -0.1) is 0 Å². The smallest absolute Gasteiger partial charge is 0.220 e. The summed E-state index contributed by atoms with van der Waals surface area (Å²) in [5.74, 6) is 0.412. The van der Waals surface area contributed by atoms with Crippen molar-refractivity contribution >= 4 is 5.91 Å². The van der Waals surface area contributed by atoms with Gasteiger partial charge in [-0.2, -0.15) is 0 Å². The summed E-state index contributed by atoms with van der Waals surface area (Å²) in [6.45, 7) is 0.472. The zero-order valence-electron chi connectivity index (χ0n) is 10.3. The van der Waals surface area contributed by atoms with Gasteiger partial charge in [-0.05, 0) is 37.8 Å². The molecule has 100 valence electrons. The van der Waals surface area contributed by atoms with Gasteiger partial charge < -0.3 is 20.6 Å². The number of aliphatic hydroxyl groups excluding tert-OH is 1. The molecular weight excluding hydrogens is 232 g/mol. The lowest BCUT2D eigenvalue weighted by Crippen LogP contribution is -2.38. The van der Waals surface area contributed by atoms with Crippen LogP contribution in [0.3, 0.4) is 0 Å². The maximum atomic E-state index is 11.0. The van der Waals surface area contributed by atoms with Crippen molar-refractivity contribution in [3.63, 3.8) is 0 Å². The van der Waals surface area contributed by atoms with E-state index in [1.54, 1.807) is 18.4 Å². The van der Waals surface area contributed by atoms with Gasteiger partial charge in [0.15, 0.2) is 0 Å². The van der Waals surface area contributed by atoms with Gasteiger partial charge >= 0.3 is 0 Å². The number of nitrogens with two attached hydrogens (primary N) is 1. The van der Waals surface area contributed by atoms with Crippen LogP contribution in [0.1, 0.15) is 37.5 Å². The minimum atomic E-state index is -0.617. The van der Waals surface area contributed by atoms with Gasteiger partial charge in [0, 0.05) is 18.5 Å². The highest BCUT2D eigenvalue weighted by Crippen LogP contribution is 2.24. The number of rotatable bonds is 5. The van der Waals surface area contributed by atoms with E-state index in [4.69, 9.17) is 10.2 Å². The van der Waals surface area contributed by atoms with E-state index >= 15 is 0 Å². The third kappa shape index (κ3) is 3.34. The first-order valence-corrected chi connectivity index (χ1v) is 6.41. The quantitative estimate of drug-likeness (QED) is 0.728. The van der Waals surface area contributed by atoms with Gasteiger partial charge in [-0.25, -0.2) is 0 Å². The van der Waals surface area contributed by atoms with E-state index in [0.717, 1.165) is 25.7 Å². The Morgan fingerprint density at radius 1 is 1.50 bits per heavy atom. The maximum Gasteiger partial charge on any atom is 0.220 e. The second-order valence-corrected chi connectivity index (χ2v) is 4.89. The summed E-state index contributed by atoms with van der Waals surface area (Å²) in [6.07, 6.45) is 4.47. The van der Waals surface area contributed by atoms with Crippen molar-refractivity contribution in [1.82, 2.24) is 5.32 Å². The van der Waals surface area contributed by atoms with Gasteiger partial charge in [0.05, 0.1) is 6.26 Å². The largest absolute Gasteiger partial charge is 0.467 e. The fraction of sp³-hybridized carbons (Fsp3) is 0.615. The SMILES string of the molecule is NC(=O)C1CCC(NCC(O)c2ccco2)CC1. The molecule has 0 radical (unpaired) electrons. The predicted molar refractivity (Wildman–Crippen MR) is 66.6 cm³/mol. The molecule has 2 rings (SSSR count). The van der Waals surface area contributed by atoms with Crippen molar-refractivity contribution in [3.05, 3.63) is 24.2 Å². The Labute approximate surface area is 106 Å². The number of aliphatic hydroxyl groups is 1. The highest BCUT2D eigenvalue weighted by Gasteiger charge is 2.24. The lowest BCUT2D eigenvalue weighted by atomic mass is 9.85. The number of hydrogen-bond acceptors (Lipinski definition) is 4. The lowest BCUT2D eigenvalue weighted by Gasteiger charge is -2.28. The Kier molecular flexibility index (Phi) is 4.38. The number of primary amides is 1. The van der Waals surface area contributed by atoms with Crippen LogP contribution in [0.25, 0.3) is 0 Å². The van der Waals surface area contributed by atoms with Gasteiger partial charge in [-0.3, -0.25) is 4.79 Å². The van der Waals surface area contributed by atoms with Crippen molar-refractivity contribution < 1.29 is 14.3 Å². The van der Waals surface area contributed by atoms with E-state index in [1.165, 1.54) is 0 Å². The van der Waals surface area contributed by atoms with E-state index in [2.05, 4.69) is 5.32 Å². The summed E-state index contributed by atoms with van der Waals surface area (Å²) < 4.78 is 5.13. The Balaban J connectivity index is 1.71. The molecule has 1 fully saturated rings. The summed E-state index contributed by atoms with van der Waals surface area (Å²) in [4.78, 5) is 11.0. The second-order valence-electron chi connectivity index (χ2n) is 4.89. The maximum absolute atomic E-state index is 11.0. The molecule has 0 spiro atoms. The van der Waals surface area contributed by atoms with Crippen molar-refractivity contribution in [2.45, 2.75) is 37.8 Å². The monoisotopic (exact) mass is 252 g/mol. The normalized spacial score (nSPS) is 25.8. The number of hydrogen-bond donors (Lipinski definition) is 3. The zero-order chi connectivity index (χ0) is 13.0. The third-order valence-corrected chi connectivity index (χ3v) is 3.60. The molecule has 1 unspecified atom stereocenters. The number of carbonyl (C=O) groups is 1. The second kappa shape index (κ2) is 6.02. The Hall–Kier alpha value is -1.33. The van der Waals surface area contributed by atoms with E-state index < -0.39 is 6.10 Å². The molecule has 1 saturated carbocycles. The third-order valence-electron chi connectivity index (χ3n) is 3.60. The van der Waals surface area contributed by atoms with Crippen LogP contribution in [0.15, 0.2) is 22.8 Å². The molecule has 1 aliphatic carbocycles. The van der Waals surface area contributed by atoms with Gasteiger partial charge in [0.1, 0.15) is 11.9 Å². The first-order chi connectivity index (χ1) is 8.66. The van der Waals surface area contributed by atoms with Crippen LogP contribution in [-0.2, 0) is 4.79 Å². The Morgan fingerprint density at radius 3 is 2.78 bits per heavy atom. The molecule has 1 aromatic heterocycles. The molecule has 1 amide bonds. The summed E-state index contributed by atoms with van der Waals surface area (Å²) in [5, 5.41) is 13.2. The molecule has 1 aliphatic rings. The molecule has 1 aromatic rings. The van der Waals surface area contributed by atoms with Gasteiger partial charge in [-0.1, -0.05) is 0 Å².